The van der Waals surface area contributed by atoms with Gasteiger partial charge in [0.05, 0.1) is 19.3 Å². The van der Waals surface area contributed by atoms with Gasteiger partial charge >= 0.3 is 0 Å². The average Bonchev–Trinajstić information content (AvgIpc) is 2.46. The number of Topliss-reactive ketones (excluding diaryl/α,β-unsaturated/α-hetero) is 1. The normalized spacial score (nSPS) is 18.5. The van der Waals surface area contributed by atoms with E-state index >= 15 is 0 Å². The van der Waals surface area contributed by atoms with E-state index in [1.54, 1.807) is 0 Å². The van der Waals surface area contributed by atoms with Crippen LogP contribution in [0.4, 0.5) is 0 Å². The Bertz CT molecular complexity index is 375. The van der Waals surface area contributed by atoms with E-state index < -0.39 is 6.04 Å². The van der Waals surface area contributed by atoms with E-state index in [0.29, 0.717) is 12.0 Å². The molecule has 1 aliphatic rings. The predicted molar refractivity (Wildman–Crippen MR) is 70.6 cm³/mol. The third kappa shape index (κ3) is 3.63. The number of benzene rings is 1. The SMILES string of the molecule is NC(CCN1CCOCC1)C(=O)c1ccccc1. The average molecular weight is 248 g/mol. The lowest BCUT2D eigenvalue weighted by Crippen LogP contribution is -2.40. The number of rotatable bonds is 5. The van der Waals surface area contributed by atoms with Crippen LogP contribution in [0.25, 0.3) is 0 Å². The molecule has 0 bridgehead atoms. The highest BCUT2D eigenvalue weighted by atomic mass is 16.5. The van der Waals surface area contributed by atoms with Crippen molar-refractivity contribution in [1.82, 2.24) is 4.90 Å². The second-order valence-corrected chi connectivity index (χ2v) is 4.58. The van der Waals surface area contributed by atoms with Gasteiger partial charge in [-0.3, -0.25) is 9.69 Å². The molecule has 18 heavy (non-hydrogen) atoms. The van der Waals surface area contributed by atoms with E-state index in [4.69, 9.17) is 10.5 Å². The molecular weight excluding hydrogens is 228 g/mol. The van der Waals surface area contributed by atoms with Crippen molar-refractivity contribution in [3.8, 4) is 0 Å². The Morgan fingerprint density at radius 1 is 1.28 bits per heavy atom. The van der Waals surface area contributed by atoms with Gasteiger partial charge in [-0.15, -0.1) is 0 Å². The summed E-state index contributed by atoms with van der Waals surface area (Å²) in [6.07, 6.45) is 0.702. The molecule has 0 saturated carbocycles. The van der Waals surface area contributed by atoms with Crippen LogP contribution in [0.2, 0.25) is 0 Å². The Labute approximate surface area is 108 Å². The predicted octanol–water partition coefficient (Wildman–Crippen LogP) is 0.919. The molecule has 1 unspecified atom stereocenters. The Hall–Kier alpha value is -1.23. The molecule has 1 heterocycles. The Kier molecular flexibility index (Phi) is 4.87. The van der Waals surface area contributed by atoms with E-state index in [1.165, 1.54) is 0 Å². The summed E-state index contributed by atoms with van der Waals surface area (Å²) in [5.74, 6) is 0.0314. The lowest BCUT2D eigenvalue weighted by atomic mass is 10.0. The maximum absolute atomic E-state index is 12.0. The van der Waals surface area contributed by atoms with Crippen molar-refractivity contribution in [3.63, 3.8) is 0 Å². The van der Waals surface area contributed by atoms with Crippen molar-refractivity contribution in [2.75, 3.05) is 32.8 Å². The van der Waals surface area contributed by atoms with Gasteiger partial charge in [-0.1, -0.05) is 30.3 Å². The fourth-order valence-electron chi connectivity index (χ4n) is 2.09. The summed E-state index contributed by atoms with van der Waals surface area (Å²) in [6, 6.07) is 8.85. The minimum absolute atomic E-state index is 0.0314. The van der Waals surface area contributed by atoms with E-state index in [-0.39, 0.29) is 5.78 Å². The summed E-state index contributed by atoms with van der Waals surface area (Å²) in [4.78, 5) is 14.3. The van der Waals surface area contributed by atoms with Crippen molar-refractivity contribution < 1.29 is 9.53 Å². The monoisotopic (exact) mass is 248 g/mol. The van der Waals surface area contributed by atoms with Crippen molar-refractivity contribution in [2.24, 2.45) is 5.73 Å². The number of ketones is 1. The number of hydrogen-bond acceptors (Lipinski definition) is 4. The maximum atomic E-state index is 12.0. The molecule has 4 nitrogen and oxygen atoms in total. The summed E-state index contributed by atoms with van der Waals surface area (Å²) in [5.41, 5.74) is 6.66. The van der Waals surface area contributed by atoms with Crippen molar-refractivity contribution >= 4 is 5.78 Å². The number of carbonyl (C=O) groups excluding carboxylic acids is 1. The zero-order valence-electron chi connectivity index (χ0n) is 10.5. The topological polar surface area (TPSA) is 55.6 Å². The van der Waals surface area contributed by atoms with E-state index in [9.17, 15) is 4.79 Å². The van der Waals surface area contributed by atoms with Crippen LogP contribution in [-0.2, 0) is 4.74 Å². The first-order valence-electron chi connectivity index (χ1n) is 6.42. The summed E-state index contributed by atoms with van der Waals surface area (Å²) < 4.78 is 5.28. The van der Waals surface area contributed by atoms with Crippen LogP contribution >= 0.6 is 0 Å². The zero-order chi connectivity index (χ0) is 12.8. The molecule has 0 aliphatic carbocycles. The zero-order valence-corrected chi connectivity index (χ0v) is 10.5. The van der Waals surface area contributed by atoms with E-state index in [2.05, 4.69) is 4.90 Å². The molecule has 1 aromatic rings. The Morgan fingerprint density at radius 2 is 1.94 bits per heavy atom. The minimum Gasteiger partial charge on any atom is -0.379 e. The summed E-state index contributed by atoms with van der Waals surface area (Å²) in [7, 11) is 0. The van der Waals surface area contributed by atoms with Crippen LogP contribution in [-0.4, -0.2) is 49.6 Å². The van der Waals surface area contributed by atoms with Crippen LogP contribution in [0.15, 0.2) is 30.3 Å². The number of carbonyl (C=O) groups is 1. The molecule has 0 radical (unpaired) electrons. The third-order valence-electron chi connectivity index (χ3n) is 3.26. The smallest absolute Gasteiger partial charge is 0.179 e. The highest BCUT2D eigenvalue weighted by Gasteiger charge is 2.17. The Balaban J connectivity index is 1.80. The van der Waals surface area contributed by atoms with Crippen LogP contribution in [0.1, 0.15) is 16.8 Å². The van der Waals surface area contributed by atoms with Crippen LogP contribution in [0.3, 0.4) is 0 Å². The summed E-state index contributed by atoms with van der Waals surface area (Å²) >= 11 is 0. The van der Waals surface area contributed by atoms with Crippen molar-refractivity contribution in [2.45, 2.75) is 12.5 Å². The lowest BCUT2D eigenvalue weighted by molar-refractivity contribution is 0.0365. The van der Waals surface area contributed by atoms with E-state index in [0.717, 1.165) is 32.8 Å². The molecule has 0 amide bonds. The first kappa shape index (κ1) is 13.2. The molecule has 1 saturated heterocycles. The van der Waals surface area contributed by atoms with Crippen LogP contribution < -0.4 is 5.73 Å². The molecule has 1 fully saturated rings. The van der Waals surface area contributed by atoms with Crippen LogP contribution in [0.5, 0.6) is 0 Å². The fourth-order valence-corrected chi connectivity index (χ4v) is 2.09. The molecule has 98 valence electrons. The van der Waals surface area contributed by atoms with Gasteiger partial charge in [-0.05, 0) is 6.42 Å². The minimum atomic E-state index is -0.407. The maximum Gasteiger partial charge on any atom is 0.179 e. The van der Waals surface area contributed by atoms with Gasteiger partial charge in [0.1, 0.15) is 0 Å². The van der Waals surface area contributed by atoms with Crippen molar-refractivity contribution in [1.29, 1.82) is 0 Å². The van der Waals surface area contributed by atoms with Gasteiger partial charge in [0.15, 0.2) is 5.78 Å². The number of hydrogen-bond donors (Lipinski definition) is 1. The highest BCUT2D eigenvalue weighted by molar-refractivity contribution is 5.99. The first-order valence-corrected chi connectivity index (χ1v) is 6.42. The van der Waals surface area contributed by atoms with Crippen molar-refractivity contribution in [3.05, 3.63) is 35.9 Å². The third-order valence-corrected chi connectivity index (χ3v) is 3.26. The second-order valence-electron chi connectivity index (χ2n) is 4.58. The first-order chi connectivity index (χ1) is 8.77. The largest absolute Gasteiger partial charge is 0.379 e. The number of nitrogens with two attached hydrogens (primary N) is 1. The molecule has 1 aromatic carbocycles. The standard InChI is InChI=1S/C14H20N2O2/c15-13(6-7-16-8-10-18-11-9-16)14(17)12-4-2-1-3-5-12/h1-5,13H,6-11,15H2. The molecule has 0 spiro atoms. The second kappa shape index (κ2) is 6.64. The van der Waals surface area contributed by atoms with Gasteiger partial charge in [-0.25, -0.2) is 0 Å². The summed E-state index contributed by atoms with van der Waals surface area (Å²) in [5, 5.41) is 0. The number of ether oxygens (including phenoxy) is 1. The molecule has 4 heteroatoms. The highest BCUT2D eigenvalue weighted by Crippen LogP contribution is 2.06. The lowest BCUT2D eigenvalue weighted by Gasteiger charge is -2.27. The molecular formula is C14H20N2O2. The quantitative estimate of drug-likeness (QED) is 0.787. The van der Waals surface area contributed by atoms with E-state index in [1.807, 2.05) is 30.3 Å². The van der Waals surface area contributed by atoms with Gasteiger partial charge in [0, 0.05) is 25.2 Å². The molecule has 2 N–H and O–H groups in total. The summed E-state index contributed by atoms with van der Waals surface area (Å²) in [6.45, 7) is 4.30. The Morgan fingerprint density at radius 3 is 2.61 bits per heavy atom. The molecule has 2 rings (SSSR count). The van der Waals surface area contributed by atoms with Crippen LogP contribution in [0, 0.1) is 0 Å². The molecule has 0 aromatic heterocycles. The van der Waals surface area contributed by atoms with Gasteiger partial charge < -0.3 is 10.5 Å². The molecule has 1 atom stereocenters. The number of nitrogens with zero attached hydrogens (tertiary/aromatic N) is 1. The number of morpholine rings is 1. The fraction of sp³-hybridized carbons (Fsp3) is 0.500. The van der Waals surface area contributed by atoms with Gasteiger partial charge in [0.25, 0.3) is 0 Å². The molecule has 1 aliphatic heterocycles. The van der Waals surface area contributed by atoms with Gasteiger partial charge in [-0.2, -0.15) is 0 Å². The van der Waals surface area contributed by atoms with Gasteiger partial charge in [0.2, 0.25) is 0 Å².